The summed E-state index contributed by atoms with van der Waals surface area (Å²) in [7, 11) is -0.891. The number of nitrogens with zero attached hydrogens (tertiary/aromatic N) is 5. The smallest absolute Gasteiger partial charge is 0.241 e. The lowest BCUT2D eigenvalue weighted by molar-refractivity contribution is 0.682. The van der Waals surface area contributed by atoms with Gasteiger partial charge in [0.2, 0.25) is 17.2 Å². The van der Waals surface area contributed by atoms with Gasteiger partial charge in [-0.1, -0.05) is 0 Å². The van der Waals surface area contributed by atoms with Crippen LogP contribution in [-0.2, 0) is 10.8 Å². The standard InChI is InChI=1S/C10H13ClN6OS/c1-7(5-19(2)18)13-9-14-8(11)15-10(16-9)17-4-3-12-6-17/h3-4,6-7H,5H2,1-2H3,(H,13,14,15,16). The number of nitrogens with one attached hydrogen (secondary N) is 1. The van der Waals surface area contributed by atoms with Crippen molar-refractivity contribution < 1.29 is 4.21 Å². The van der Waals surface area contributed by atoms with Crippen LogP contribution in [0.1, 0.15) is 6.92 Å². The van der Waals surface area contributed by atoms with Crippen molar-refractivity contribution in [2.45, 2.75) is 13.0 Å². The molecule has 2 unspecified atom stereocenters. The Morgan fingerprint density at radius 3 is 2.89 bits per heavy atom. The minimum Gasteiger partial charge on any atom is -0.351 e. The van der Waals surface area contributed by atoms with E-state index in [4.69, 9.17) is 11.6 Å². The second-order valence-corrected chi connectivity index (χ2v) is 5.80. The Balaban J connectivity index is 2.20. The molecule has 0 amide bonds. The summed E-state index contributed by atoms with van der Waals surface area (Å²) < 4.78 is 12.8. The van der Waals surface area contributed by atoms with E-state index in [1.165, 1.54) is 0 Å². The predicted molar refractivity (Wildman–Crippen MR) is 74.0 cm³/mol. The van der Waals surface area contributed by atoms with Crippen LogP contribution in [0, 0.1) is 0 Å². The first-order valence-corrected chi connectivity index (χ1v) is 7.61. The summed E-state index contributed by atoms with van der Waals surface area (Å²) >= 11 is 5.86. The molecular formula is C10H13ClN6OS. The molecule has 0 aromatic carbocycles. The van der Waals surface area contributed by atoms with E-state index in [0.717, 1.165) is 0 Å². The highest BCUT2D eigenvalue weighted by Gasteiger charge is 2.10. The molecule has 102 valence electrons. The van der Waals surface area contributed by atoms with Crippen molar-refractivity contribution in [3.05, 3.63) is 24.0 Å². The van der Waals surface area contributed by atoms with Crippen molar-refractivity contribution in [3.8, 4) is 5.95 Å². The predicted octanol–water partition coefficient (Wildman–Crippen LogP) is 0.890. The quantitative estimate of drug-likeness (QED) is 0.882. The van der Waals surface area contributed by atoms with E-state index in [1.54, 1.807) is 29.5 Å². The molecule has 7 nitrogen and oxygen atoms in total. The van der Waals surface area contributed by atoms with E-state index in [2.05, 4.69) is 25.3 Å². The molecule has 19 heavy (non-hydrogen) atoms. The fourth-order valence-corrected chi connectivity index (χ4v) is 2.45. The van der Waals surface area contributed by atoms with E-state index in [9.17, 15) is 4.21 Å². The van der Waals surface area contributed by atoms with Crippen LogP contribution in [0.3, 0.4) is 0 Å². The molecule has 0 aliphatic carbocycles. The number of anilines is 1. The van der Waals surface area contributed by atoms with Gasteiger partial charge in [-0.25, -0.2) is 4.98 Å². The van der Waals surface area contributed by atoms with Crippen LogP contribution in [-0.4, -0.2) is 46.8 Å². The number of aromatic nitrogens is 5. The van der Waals surface area contributed by atoms with Crippen molar-refractivity contribution in [3.63, 3.8) is 0 Å². The first kappa shape index (κ1) is 13.9. The Morgan fingerprint density at radius 1 is 1.47 bits per heavy atom. The third kappa shape index (κ3) is 3.97. The summed E-state index contributed by atoms with van der Waals surface area (Å²) in [5.74, 6) is 1.23. The molecule has 0 spiro atoms. The summed E-state index contributed by atoms with van der Waals surface area (Å²) in [5.41, 5.74) is 0. The van der Waals surface area contributed by atoms with Crippen LogP contribution < -0.4 is 5.32 Å². The van der Waals surface area contributed by atoms with Crippen molar-refractivity contribution in [1.29, 1.82) is 0 Å². The van der Waals surface area contributed by atoms with Gasteiger partial charge in [-0.3, -0.25) is 8.78 Å². The number of imidazole rings is 1. The molecule has 2 atom stereocenters. The van der Waals surface area contributed by atoms with Gasteiger partial charge in [0.1, 0.15) is 6.33 Å². The summed E-state index contributed by atoms with van der Waals surface area (Å²) in [6, 6.07) is -0.0278. The SMILES string of the molecule is CC(CS(C)=O)Nc1nc(Cl)nc(-n2ccnc2)n1. The zero-order chi connectivity index (χ0) is 13.8. The monoisotopic (exact) mass is 300 g/mol. The van der Waals surface area contributed by atoms with Crippen molar-refractivity contribution in [2.24, 2.45) is 0 Å². The number of hydrogen-bond donors (Lipinski definition) is 1. The van der Waals surface area contributed by atoms with Crippen molar-refractivity contribution in [1.82, 2.24) is 24.5 Å². The van der Waals surface area contributed by atoms with Crippen LogP contribution in [0.5, 0.6) is 0 Å². The highest BCUT2D eigenvalue weighted by atomic mass is 35.5. The number of hydrogen-bond acceptors (Lipinski definition) is 6. The fraction of sp³-hybridized carbons (Fsp3) is 0.400. The summed E-state index contributed by atoms with van der Waals surface area (Å²) in [6.45, 7) is 1.90. The molecule has 0 aliphatic heterocycles. The van der Waals surface area contributed by atoms with Gasteiger partial charge < -0.3 is 5.32 Å². The van der Waals surface area contributed by atoms with Crippen LogP contribution in [0.4, 0.5) is 5.95 Å². The molecule has 9 heteroatoms. The van der Waals surface area contributed by atoms with Gasteiger partial charge in [-0.2, -0.15) is 15.0 Å². The molecule has 0 fully saturated rings. The molecule has 0 bridgehead atoms. The normalized spacial score (nSPS) is 14.1. The molecule has 1 N–H and O–H groups in total. The molecule has 0 saturated heterocycles. The minimum atomic E-state index is -0.891. The summed E-state index contributed by atoms with van der Waals surface area (Å²) in [5, 5.41) is 3.13. The Hall–Kier alpha value is -1.54. The van der Waals surface area contributed by atoms with Crippen LogP contribution in [0.2, 0.25) is 5.28 Å². The lowest BCUT2D eigenvalue weighted by Crippen LogP contribution is -2.24. The van der Waals surface area contributed by atoms with E-state index in [0.29, 0.717) is 17.6 Å². The van der Waals surface area contributed by atoms with Crippen molar-refractivity contribution >= 4 is 28.3 Å². The molecule has 2 aromatic rings. The topological polar surface area (TPSA) is 85.6 Å². The maximum absolute atomic E-state index is 11.1. The maximum atomic E-state index is 11.1. The lowest BCUT2D eigenvalue weighted by Gasteiger charge is -2.12. The zero-order valence-electron chi connectivity index (χ0n) is 10.4. The van der Waals surface area contributed by atoms with Gasteiger partial charge in [0.15, 0.2) is 0 Å². The van der Waals surface area contributed by atoms with Gasteiger partial charge in [0, 0.05) is 41.2 Å². The number of halogens is 1. The van der Waals surface area contributed by atoms with E-state index < -0.39 is 10.8 Å². The number of rotatable bonds is 5. The Morgan fingerprint density at radius 2 is 2.26 bits per heavy atom. The molecule has 2 aromatic heterocycles. The van der Waals surface area contributed by atoms with Crippen LogP contribution in [0.25, 0.3) is 5.95 Å². The molecule has 0 aliphatic rings. The second kappa shape index (κ2) is 6.07. The van der Waals surface area contributed by atoms with Crippen molar-refractivity contribution in [2.75, 3.05) is 17.3 Å². The first-order chi connectivity index (χ1) is 9.04. The maximum Gasteiger partial charge on any atom is 0.241 e. The second-order valence-electron chi connectivity index (χ2n) is 3.98. The van der Waals surface area contributed by atoms with Gasteiger partial charge >= 0.3 is 0 Å². The highest BCUT2D eigenvalue weighted by Crippen LogP contribution is 2.10. The van der Waals surface area contributed by atoms with Crippen LogP contribution >= 0.6 is 11.6 Å². The minimum absolute atomic E-state index is 0.0278. The third-order valence-corrected chi connectivity index (χ3v) is 3.33. The molecular weight excluding hydrogens is 288 g/mol. The zero-order valence-corrected chi connectivity index (χ0v) is 12.0. The molecule has 0 radical (unpaired) electrons. The van der Waals surface area contributed by atoms with Crippen LogP contribution in [0.15, 0.2) is 18.7 Å². The Bertz CT molecular complexity index is 575. The average molecular weight is 301 g/mol. The Kier molecular flexibility index (Phi) is 4.43. The van der Waals surface area contributed by atoms with E-state index in [-0.39, 0.29) is 11.3 Å². The lowest BCUT2D eigenvalue weighted by atomic mass is 10.4. The molecule has 0 saturated carbocycles. The Labute approximate surface area is 117 Å². The summed E-state index contributed by atoms with van der Waals surface area (Å²) in [4.78, 5) is 16.1. The fourth-order valence-electron chi connectivity index (χ4n) is 1.51. The van der Waals surface area contributed by atoms with E-state index >= 15 is 0 Å². The van der Waals surface area contributed by atoms with Gasteiger partial charge in [0.25, 0.3) is 0 Å². The average Bonchev–Trinajstić information content (AvgIpc) is 2.79. The third-order valence-electron chi connectivity index (χ3n) is 2.19. The van der Waals surface area contributed by atoms with Gasteiger partial charge in [-0.05, 0) is 18.5 Å². The highest BCUT2D eigenvalue weighted by molar-refractivity contribution is 7.84. The first-order valence-electron chi connectivity index (χ1n) is 5.51. The summed E-state index contributed by atoms with van der Waals surface area (Å²) in [6.07, 6.45) is 6.54. The van der Waals surface area contributed by atoms with Gasteiger partial charge in [0.05, 0.1) is 0 Å². The van der Waals surface area contributed by atoms with Gasteiger partial charge in [-0.15, -0.1) is 0 Å². The molecule has 2 heterocycles. The molecule has 2 rings (SSSR count). The largest absolute Gasteiger partial charge is 0.351 e. The van der Waals surface area contributed by atoms with E-state index in [1.807, 2.05) is 6.92 Å².